The molecule has 0 saturated heterocycles. The van der Waals surface area contributed by atoms with Gasteiger partial charge >= 0.3 is 5.76 Å². The Labute approximate surface area is 82.7 Å². The minimum atomic E-state index is -3.87. The van der Waals surface area contributed by atoms with Crippen LogP contribution in [0.4, 0.5) is 0 Å². The Balaban J connectivity index is 2.98. The standard InChI is InChI=1S/C7H4ClNO4S/c8-14(11,12)5-3-1-2-4-6(5)9-7(10)13-4/h1-3H,(H,9,10). The van der Waals surface area contributed by atoms with Gasteiger partial charge in [0.15, 0.2) is 5.58 Å². The lowest BCUT2D eigenvalue weighted by molar-refractivity contribution is 0.555. The highest BCUT2D eigenvalue weighted by Crippen LogP contribution is 2.22. The Morgan fingerprint density at radius 1 is 1.36 bits per heavy atom. The number of oxazole rings is 1. The molecule has 14 heavy (non-hydrogen) atoms. The molecular formula is C7H4ClNO4S. The van der Waals surface area contributed by atoms with Crippen LogP contribution in [0.1, 0.15) is 0 Å². The van der Waals surface area contributed by atoms with Crippen molar-refractivity contribution in [2.24, 2.45) is 0 Å². The van der Waals surface area contributed by atoms with Crippen LogP contribution in [0.2, 0.25) is 0 Å². The van der Waals surface area contributed by atoms with Gasteiger partial charge in [0.05, 0.1) is 0 Å². The molecule has 0 aliphatic carbocycles. The highest BCUT2D eigenvalue weighted by atomic mass is 35.7. The maximum atomic E-state index is 11.1. The molecule has 5 nitrogen and oxygen atoms in total. The lowest BCUT2D eigenvalue weighted by atomic mass is 10.3. The normalized spacial score (nSPS) is 12.1. The van der Waals surface area contributed by atoms with Crippen molar-refractivity contribution in [1.82, 2.24) is 4.98 Å². The summed E-state index contributed by atoms with van der Waals surface area (Å²) >= 11 is 0. The highest BCUT2D eigenvalue weighted by molar-refractivity contribution is 8.14. The average Bonchev–Trinajstić information content (AvgIpc) is 2.41. The van der Waals surface area contributed by atoms with Gasteiger partial charge in [0.25, 0.3) is 9.05 Å². The van der Waals surface area contributed by atoms with Crippen LogP contribution < -0.4 is 5.76 Å². The summed E-state index contributed by atoms with van der Waals surface area (Å²) in [5.74, 6) is -0.715. The van der Waals surface area contributed by atoms with Gasteiger partial charge in [-0.3, -0.25) is 4.98 Å². The first-order valence-electron chi connectivity index (χ1n) is 3.55. The predicted octanol–water partition coefficient (Wildman–Crippen LogP) is 1.05. The van der Waals surface area contributed by atoms with Gasteiger partial charge in [0.1, 0.15) is 10.4 Å². The first kappa shape index (κ1) is 9.29. The molecule has 74 valence electrons. The predicted molar refractivity (Wildman–Crippen MR) is 49.9 cm³/mol. The van der Waals surface area contributed by atoms with Gasteiger partial charge in [-0.1, -0.05) is 6.07 Å². The van der Waals surface area contributed by atoms with Crippen molar-refractivity contribution in [3.05, 3.63) is 28.7 Å². The molecule has 1 heterocycles. The second kappa shape index (κ2) is 2.86. The number of rotatable bonds is 1. The lowest BCUT2D eigenvalue weighted by Crippen LogP contribution is -1.96. The molecule has 0 fully saturated rings. The van der Waals surface area contributed by atoms with Crippen LogP contribution in [0.3, 0.4) is 0 Å². The van der Waals surface area contributed by atoms with Gasteiger partial charge in [-0.15, -0.1) is 0 Å². The van der Waals surface area contributed by atoms with E-state index in [0.29, 0.717) is 0 Å². The van der Waals surface area contributed by atoms with Crippen molar-refractivity contribution in [3.63, 3.8) is 0 Å². The molecule has 7 heteroatoms. The van der Waals surface area contributed by atoms with Crippen LogP contribution >= 0.6 is 10.7 Å². The summed E-state index contributed by atoms with van der Waals surface area (Å²) in [6.07, 6.45) is 0. The number of H-pyrrole nitrogens is 1. The van der Waals surface area contributed by atoms with E-state index < -0.39 is 14.8 Å². The summed E-state index contributed by atoms with van der Waals surface area (Å²) in [7, 11) is 1.28. The Kier molecular flexibility index (Phi) is 1.90. The zero-order chi connectivity index (χ0) is 10.3. The number of benzene rings is 1. The number of hydrogen-bond donors (Lipinski definition) is 1. The van der Waals surface area contributed by atoms with E-state index in [-0.39, 0.29) is 16.0 Å². The molecule has 0 aliphatic heterocycles. The van der Waals surface area contributed by atoms with Crippen molar-refractivity contribution in [3.8, 4) is 0 Å². The summed E-state index contributed by atoms with van der Waals surface area (Å²) in [5.41, 5.74) is 0.254. The molecule has 0 atom stereocenters. The van der Waals surface area contributed by atoms with Crippen LogP contribution in [-0.4, -0.2) is 13.4 Å². The van der Waals surface area contributed by atoms with E-state index in [2.05, 4.69) is 9.40 Å². The van der Waals surface area contributed by atoms with Crippen molar-refractivity contribution < 1.29 is 12.8 Å². The number of para-hydroxylation sites is 1. The van der Waals surface area contributed by atoms with E-state index in [0.717, 1.165) is 0 Å². The molecular weight excluding hydrogens is 230 g/mol. The zero-order valence-electron chi connectivity index (χ0n) is 6.65. The maximum Gasteiger partial charge on any atom is 0.417 e. The molecule has 0 radical (unpaired) electrons. The minimum Gasteiger partial charge on any atom is -0.408 e. The number of halogens is 1. The van der Waals surface area contributed by atoms with E-state index >= 15 is 0 Å². The van der Waals surface area contributed by atoms with E-state index in [1.165, 1.54) is 18.2 Å². The molecule has 1 aromatic heterocycles. The molecule has 0 saturated carbocycles. The van der Waals surface area contributed by atoms with Gasteiger partial charge in [-0.2, -0.15) is 0 Å². The molecule has 2 rings (SSSR count). The molecule has 0 spiro atoms. The van der Waals surface area contributed by atoms with Gasteiger partial charge in [-0.05, 0) is 12.1 Å². The van der Waals surface area contributed by atoms with Crippen molar-refractivity contribution >= 4 is 30.8 Å². The van der Waals surface area contributed by atoms with Crippen LogP contribution in [0.25, 0.3) is 11.1 Å². The van der Waals surface area contributed by atoms with Crippen LogP contribution in [-0.2, 0) is 9.05 Å². The van der Waals surface area contributed by atoms with E-state index in [1.54, 1.807) is 0 Å². The van der Waals surface area contributed by atoms with Gasteiger partial charge in [-0.25, -0.2) is 13.2 Å². The topological polar surface area (TPSA) is 80.1 Å². The average molecular weight is 234 g/mol. The van der Waals surface area contributed by atoms with Gasteiger partial charge < -0.3 is 4.42 Å². The van der Waals surface area contributed by atoms with E-state index in [1.807, 2.05) is 0 Å². The fraction of sp³-hybridized carbons (Fsp3) is 0. The number of hydrogen-bond acceptors (Lipinski definition) is 4. The maximum absolute atomic E-state index is 11.1. The largest absolute Gasteiger partial charge is 0.417 e. The third-order valence-electron chi connectivity index (χ3n) is 1.68. The quantitative estimate of drug-likeness (QED) is 0.747. The zero-order valence-corrected chi connectivity index (χ0v) is 8.22. The first-order valence-corrected chi connectivity index (χ1v) is 5.86. The fourth-order valence-corrected chi connectivity index (χ4v) is 2.17. The van der Waals surface area contributed by atoms with Gasteiger partial charge in [0, 0.05) is 10.7 Å². The Morgan fingerprint density at radius 3 is 2.71 bits per heavy atom. The van der Waals surface area contributed by atoms with Crippen LogP contribution in [0, 0.1) is 0 Å². The van der Waals surface area contributed by atoms with E-state index in [9.17, 15) is 13.2 Å². The summed E-state index contributed by atoms with van der Waals surface area (Å²) in [5, 5.41) is 0. The van der Waals surface area contributed by atoms with Gasteiger partial charge in [0.2, 0.25) is 0 Å². The molecule has 0 amide bonds. The molecule has 1 aromatic carbocycles. The molecule has 0 aliphatic rings. The third kappa shape index (κ3) is 1.42. The Hall–Kier alpha value is -1.27. The number of aromatic amines is 1. The molecule has 2 aromatic rings. The molecule has 0 bridgehead atoms. The highest BCUT2D eigenvalue weighted by Gasteiger charge is 2.16. The Morgan fingerprint density at radius 2 is 2.07 bits per heavy atom. The summed E-state index contributed by atoms with van der Waals surface area (Å²) in [4.78, 5) is 12.9. The van der Waals surface area contributed by atoms with Crippen molar-refractivity contribution in [2.75, 3.05) is 0 Å². The first-order chi connectivity index (χ1) is 6.48. The minimum absolute atomic E-state index is 0.0903. The fourth-order valence-electron chi connectivity index (χ4n) is 1.15. The van der Waals surface area contributed by atoms with E-state index in [4.69, 9.17) is 10.7 Å². The third-order valence-corrected chi connectivity index (χ3v) is 3.04. The number of nitrogens with one attached hydrogen (secondary N) is 1. The molecule has 0 unspecified atom stereocenters. The smallest absolute Gasteiger partial charge is 0.408 e. The monoisotopic (exact) mass is 233 g/mol. The second-order valence-electron chi connectivity index (χ2n) is 2.58. The SMILES string of the molecule is O=c1[nH]c2c(S(=O)(=O)Cl)cccc2o1. The second-order valence-corrected chi connectivity index (χ2v) is 5.12. The van der Waals surface area contributed by atoms with Crippen LogP contribution in [0.5, 0.6) is 0 Å². The van der Waals surface area contributed by atoms with Crippen molar-refractivity contribution in [1.29, 1.82) is 0 Å². The number of fused-ring (bicyclic) bond motifs is 1. The number of aromatic nitrogens is 1. The lowest BCUT2D eigenvalue weighted by Gasteiger charge is -1.94. The van der Waals surface area contributed by atoms with Crippen molar-refractivity contribution in [2.45, 2.75) is 4.90 Å². The van der Waals surface area contributed by atoms with Crippen LogP contribution in [0.15, 0.2) is 32.3 Å². The molecule has 1 N–H and O–H groups in total. The Bertz CT molecular complexity index is 639. The summed E-state index contributed by atoms with van der Waals surface area (Å²) in [6, 6.07) is 4.20. The summed E-state index contributed by atoms with van der Waals surface area (Å²) in [6.45, 7) is 0. The summed E-state index contributed by atoms with van der Waals surface area (Å²) < 4.78 is 26.8.